The zero-order chi connectivity index (χ0) is 13.2. The molecule has 0 fully saturated rings. The summed E-state index contributed by atoms with van der Waals surface area (Å²) in [5, 5.41) is 0. The maximum atomic E-state index is 11.7. The standard InChI is InChI=1S/C14H21NO2/c1-9-7-10(2)11(3)13(8-9)17-12(4)14(16)15(5)6/h7-8,12H,1-6H3/t12-/m1/s1. The summed E-state index contributed by atoms with van der Waals surface area (Å²) in [6.07, 6.45) is -0.454. The van der Waals surface area contributed by atoms with Crippen LogP contribution < -0.4 is 4.74 Å². The topological polar surface area (TPSA) is 29.5 Å². The number of carbonyl (C=O) groups is 1. The summed E-state index contributed by atoms with van der Waals surface area (Å²) < 4.78 is 5.74. The van der Waals surface area contributed by atoms with Gasteiger partial charge in [0.2, 0.25) is 0 Å². The number of benzene rings is 1. The Hall–Kier alpha value is -1.51. The Labute approximate surface area is 103 Å². The molecule has 94 valence electrons. The Bertz CT molecular complexity index is 424. The molecule has 0 aliphatic carbocycles. The van der Waals surface area contributed by atoms with E-state index in [-0.39, 0.29) is 5.91 Å². The molecule has 3 heteroatoms. The first-order valence-electron chi connectivity index (χ1n) is 5.78. The van der Waals surface area contributed by atoms with Crippen LogP contribution in [0.5, 0.6) is 5.75 Å². The van der Waals surface area contributed by atoms with Gasteiger partial charge in [-0.3, -0.25) is 4.79 Å². The summed E-state index contributed by atoms with van der Waals surface area (Å²) in [5.41, 5.74) is 3.42. The van der Waals surface area contributed by atoms with Gasteiger partial charge in [-0.05, 0) is 50.5 Å². The fourth-order valence-corrected chi connectivity index (χ4v) is 1.73. The fourth-order valence-electron chi connectivity index (χ4n) is 1.73. The molecule has 1 amide bonds. The maximum absolute atomic E-state index is 11.7. The van der Waals surface area contributed by atoms with Gasteiger partial charge in [-0.1, -0.05) is 6.07 Å². The zero-order valence-corrected chi connectivity index (χ0v) is 11.5. The lowest BCUT2D eigenvalue weighted by Crippen LogP contribution is -2.35. The number of carbonyl (C=O) groups excluding carboxylic acids is 1. The van der Waals surface area contributed by atoms with Crippen LogP contribution in [-0.2, 0) is 4.79 Å². The molecule has 0 saturated carbocycles. The SMILES string of the molecule is Cc1cc(C)c(C)c(O[C@H](C)C(=O)N(C)C)c1. The molecular formula is C14H21NO2. The van der Waals surface area contributed by atoms with Gasteiger partial charge in [-0.2, -0.15) is 0 Å². The van der Waals surface area contributed by atoms with E-state index >= 15 is 0 Å². The fraction of sp³-hybridized carbons (Fsp3) is 0.500. The van der Waals surface area contributed by atoms with E-state index in [9.17, 15) is 4.79 Å². The molecule has 1 aromatic rings. The predicted octanol–water partition coefficient (Wildman–Crippen LogP) is 2.47. The van der Waals surface area contributed by atoms with Crippen molar-refractivity contribution in [2.24, 2.45) is 0 Å². The normalized spacial score (nSPS) is 12.1. The summed E-state index contributed by atoms with van der Waals surface area (Å²) in [4.78, 5) is 13.3. The van der Waals surface area contributed by atoms with Crippen LogP contribution in [0.15, 0.2) is 12.1 Å². The van der Waals surface area contributed by atoms with Gasteiger partial charge < -0.3 is 9.64 Å². The van der Waals surface area contributed by atoms with Gasteiger partial charge in [-0.15, -0.1) is 0 Å². The second-order valence-corrected chi connectivity index (χ2v) is 4.70. The number of nitrogens with zero attached hydrogens (tertiary/aromatic N) is 1. The first kappa shape index (κ1) is 13.6. The minimum absolute atomic E-state index is 0.0245. The molecule has 3 nitrogen and oxygen atoms in total. The van der Waals surface area contributed by atoms with Crippen molar-refractivity contribution in [3.8, 4) is 5.75 Å². The van der Waals surface area contributed by atoms with Gasteiger partial charge in [0, 0.05) is 14.1 Å². The van der Waals surface area contributed by atoms with Crippen LogP contribution in [-0.4, -0.2) is 31.0 Å². The summed E-state index contributed by atoms with van der Waals surface area (Å²) in [7, 11) is 3.47. The van der Waals surface area contributed by atoms with Crippen molar-refractivity contribution in [1.82, 2.24) is 4.90 Å². The highest BCUT2D eigenvalue weighted by atomic mass is 16.5. The molecule has 0 aliphatic rings. The van der Waals surface area contributed by atoms with Gasteiger partial charge in [0.05, 0.1) is 0 Å². The molecule has 1 aromatic carbocycles. The van der Waals surface area contributed by atoms with Gasteiger partial charge in [0.1, 0.15) is 5.75 Å². The van der Waals surface area contributed by atoms with Gasteiger partial charge >= 0.3 is 0 Å². The van der Waals surface area contributed by atoms with E-state index in [0.29, 0.717) is 0 Å². The molecule has 1 rings (SSSR count). The van der Waals surface area contributed by atoms with Crippen molar-refractivity contribution < 1.29 is 9.53 Å². The van der Waals surface area contributed by atoms with E-state index in [2.05, 4.69) is 6.07 Å². The lowest BCUT2D eigenvalue weighted by atomic mass is 10.1. The van der Waals surface area contributed by atoms with Crippen LogP contribution in [0.2, 0.25) is 0 Å². The average Bonchev–Trinajstić information content (AvgIpc) is 2.23. The number of likely N-dealkylation sites (N-methyl/N-ethyl adjacent to an activating group) is 1. The Kier molecular flexibility index (Phi) is 4.16. The third-order valence-corrected chi connectivity index (χ3v) is 2.86. The first-order valence-corrected chi connectivity index (χ1v) is 5.78. The summed E-state index contributed by atoms with van der Waals surface area (Å²) in [5.74, 6) is 0.772. The smallest absolute Gasteiger partial charge is 0.262 e. The van der Waals surface area contributed by atoms with E-state index in [1.54, 1.807) is 25.9 Å². The Morgan fingerprint density at radius 3 is 2.35 bits per heavy atom. The summed E-state index contributed by atoms with van der Waals surface area (Å²) in [6.45, 7) is 7.86. The molecule has 17 heavy (non-hydrogen) atoms. The van der Waals surface area contributed by atoms with Crippen molar-refractivity contribution in [2.75, 3.05) is 14.1 Å². The van der Waals surface area contributed by atoms with Crippen molar-refractivity contribution >= 4 is 5.91 Å². The van der Waals surface area contributed by atoms with E-state index < -0.39 is 6.10 Å². The molecule has 0 heterocycles. The highest BCUT2D eigenvalue weighted by Gasteiger charge is 2.17. The highest BCUT2D eigenvalue weighted by molar-refractivity contribution is 5.80. The van der Waals surface area contributed by atoms with E-state index in [4.69, 9.17) is 4.74 Å². The molecule has 0 unspecified atom stereocenters. The van der Waals surface area contributed by atoms with Crippen LogP contribution in [0.3, 0.4) is 0 Å². The molecule has 0 aliphatic heterocycles. The van der Waals surface area contributed by atoms with Gasteiger partial charge in [0.15, 0.2) is 6.10 Å². The van der Waals surface area contributed by atoms with Crippen molar-refractivity contribution in [1.29, 1.82) is 0 Å². The Morgan fingerprint density at radius 2 is 1.82 bits per heavy atom. The third kappa shape index (κ3) is 3.22. The minimum Gasteiger partial charge on any atom is -0.481 e. The van der Waals surface area contributed by atoms with Crippen molar-refractivity contribution in [2.45, 2.75) is 33.8 Å². The molecular weight excluding hydrogens is 214 g/mol. The number of hydrogen-bond donors (Lipinski definition) is 0. The summed E-state index contributed by atoms with van der Waals surface area (Å²) >= 11 is 0. The first-order chi connectivity index (χ1) is 7.82. The number of rotatable bonds is 3. The largest absolute Gasteiger partial charge is 0.481 e. The maximum Gasteiger partial charge on any atom is 0.262 e. The van der Waals surface area contributed by atoms with Gasteiger partial charge in [-0.25, -0.2) is 0 Å². The monoisotopic (exact) mass is 235 g/mol. The van der Waals surface area contributed by atoms with Crippen LogP contribution >= 0.6 is 0 Å². The number of aryl methyl sites for hydroxylation is 2. The number of hydrogen-bond acceptors (Lipinski definition) is 2. The molecule has 0 spiro atoms. The molecule has 1 atom stereocenters. The third-order valence-electron chi connectivity index (χ3n) is 2.86. The zero-order valence-electron chi connectivity index (χ0n) is 11.5. The number of amides is 1. The van der Waals surface area contributed by atoms with Crippen LogP contribution in [0, 0.1) is 20.8 Å². The van der Waals surface area contributed by atoms with Crippen molar-refractivity contribution in [3.63, 3.8) is 0 Å². The van der Waals surface area contributed by atoms with Crippen LogP contribution in [0.25, 0.3) is 0 Å². The minimum atomic E-state index is -0.454. The van der Waals surface area contributed by atoms with E-state index in [1.165, 1.54) is 5.56 Å². The van der Waals surface area contributed by atoms with Crippen molar-refractivity contribution in [3.05, 3.63) is 28.8 Å². The Balaban J connectivity index is 2.92. The molecule has 0 bridgehead atoms. The lowest BCUT2D eigenvalue weighted by Gasteiger charge is -2.20. The second-order valence-electron chi connectivity index (χ2n) is 4.70. The van der Waals surface area contributed by atoms with E-state index in [0.717, 1.165) is 16.9 Å². The summed E-state index contributed by atoms with van der Waals surface area (Å²) in [6, 6.07) is 4.09. The molecule has 0 saturated heterocycles. The number of ether oxygens (including phenoxy) is 1. The van der Waals surface area contributed by atoms with Crippen LogP contribution in [0.4, 0.5) is 0 Å². The predicted molar refractivity (Wildman–Crippen MR) is 69.4 cm³/mol. The molecule has 0 N–H and O–H groups in total. The quantitative estimate of drug-likeness (QED) is 0.805. The Morgan fingerprint density at radius 1 is 1.24 bits per heavy atom. The molecule has 0 aromatic heterocycles. The average molecular weight is 235 g/mol. The van der Waals surface area contributed by atoms with E-state index in [1.807, 2.05) is 26.8 Å². The van der Waals surface area contributed by atoms with Gasteiger partial charge in [0.25, 0.3) is 5.91 Å². The highest BCUT2D eigenvalue weighted by Crippen LogP contribution is 2.24. The second kappa shape index (κ2) is 5.21. The van der Waals surface area contributed by atoms with Crippen LogP contribution in [0.1, 0.15) is 23.6 Å². The molecule has 0 radical (unpaired) electrons. The lowest BCUT2D eigenvalue weighted by molar-refractivity contribution is -0.135.